The zero-order valence-electron chi connectivity index (χ0n) is 11.9. The van der Waals surface area contributed by atoms with Crippen LogP contribution in [0.15, 0.2) is 22.7 Å². The molecular formula is C14H19BrN2O3. The highest BCUT2D eigenvalue weighted by molar-refractivity contribution is 9.10. The molecule has 1 fully saturated rings. The van der Waals surface area contributed by atoms with Crippen LogP contribution in [-0.4, -0.2) is 23.7 Å². The van der Waals surface area contributed by atoms with Gasteiger partial charge in [0.25, 0.3) is 5.69 Å². The number of nitro benzene ring substituents is 1. The fourth-order valence-electron chi connectivity index (χ4n) is 2.56. The van der Waals surface area contributed by atoms with E-state index in [4.69, 9.17) is 4.74 Å². The van der Waals surface area contributed by atoms with Gasteiger partial charge < -0.3 is 10.1 Å². The van der Waals surface area contributed by atoms with Crippen LogP contribution in [0.5, 0.6) is 0 Å². The lowest BCUT2D eigenvalue weighted by Crippen LogP contribution is -2.58. The van der Waals surface area contributed by atoms with E-state index in [1.165, 1.54) is 6.07 Å². The number of rotatable bonds is 5. The molecule has 2 rings (SSSR count). The Morgan fingerprint density at radius 1 is 1.55 bits per heavy atom. The van der Waals surface area contributed by atoms with Crippen molar-refractivity contribution < 1.29 is 9.66 Å². The van der Waals surface area contributed by atoms with E-state index in [2.05, 4.69) is 35.1 Å². The maximum absolute atomic E-state index is 10.8. The Kier molecular flexibility index (Phi) is 4.34. The maximum Gasteiger partial charge on any atom is 0.283 e. The Morgan fingerprint density at radius 2 is 2.25 bits per heavy atom. The van der Waals surface area contributed by atoms with Crippen LogP contribution in [0, 0.1) is 15.5 Å². The summed E-state index contributed by atoms with van der Waals surface area (Å²) in [6, 6.07) is 5.32. The summed E-state index contributed by atoms with van der Waals surface area (Å²) in [7, 11) is 0. The Bertz CT molecular complexity index is 519. The van der Waals surface area contributed by atoms with E-state index >= 15 is 0 Å². The zero-order chi connectivity index (χ0) is 14.9. The monoisotopic (exact) mass is 342 g/mol. The molecule has 1 aromatic rings. The van der Waals surface area contributed by atoms with Crippen molar-refractivity contribution in [1.29, 1.82) is 0 Å². The number of halogens is 1. The topological polar surface area (TPSA) is 64.4 Å². The van der Waals surface area contributed by atoms with Crippen molar-refractivity contribution in [1.82, 2.24) is 0 Å². The first-order valence-electron chi connectivity index (χ1n) is 6.68. The molecular weight excluding hydrogens is 324 g/mol. The molecule has 1 aliphatic rings. The Balaban J connectivity index is 2.05. The fourth-order valence-corrected chi connectivity index (χ4v) is 3.08. The van der Waals surface area contributed by atoms with Gasteiger partial charge in [0.15, 0.2) is 0 Å². The number of nitrogens with zero attached hydrogens (tertiary/aromatic N) is 1. The summed E-state index contributed by atoms with van der Waals surface area (Å²) in [6.07, 6.45) is 1.22. The summed E-state index contributed by atoms with van der Waals surface area (Å²) in [5, 5.41) is 14.2. The molecule has 0 amide bonds. The second kappa shape index (κ2) is 5.69. The van der Waals surface area contributed by atoms with Crippen molar-refractivity contribution in [2.24, 2.45) is 5.41 Å². The van der Waals surface area contributed by atoms with E-state index in [9.17, 15) is 10.1 Å². The Hall–Kier alpha value is -1.14. The average molecular weight is 343 g/mol. The van der Waals surface area contributed by atoms with Gasteiger partial charge in [0.2, 0.25) is 0 Å². The maximum atomic E-state index is 10.8. The average Bonchev–Trinajstić information content (AvgIpc) is 2.37. The third kappa shape index (κ3) is 2.81. The smallest absolute Gasteiger partial charge is 0.283 e. The van der Waals surface area contributed by atoms with Crippen LogP contribution >= 0.6 is 15.9 Å². The lowest BCUT2D eigenvalue weighted by molar-refractivity contribution is -0.385. The first kappa shape index (κ1) is 15.3. The van der Waals surface area contributed by atoms with Gasteiger partial charge in [-0.05, 0) is 41.4 Å². The SMILES string of the molecule is CCOC1CC(Nc2ccc([N+](=O)[O-])c(Br)c2)C1(C)C. The predicted octanol–water partition coefficient (Wildman–Crippen LogP) is 3.97. The quantitative estimate of drug-likeness (QED) is 0.649. The van der Waals surface area contributed by atoms with Gasteiger partial charge in [0, 0.05) is 29.8 Å². The van der Waals surface area contributed by atoms with Gasteiger partial charge in [-0.1, -0.05) is 13.8 Å². The van der Waals surface area contributed by atoms with Crippen LogP contribution in [0.4, 0.5) is 11.4 Å². The molecule has 1 aromatic carbocycles. The molecule has 6 heteroatoms. The molecule has 0 aromatic heterocycles. The number of nitrogens with one attached hydrogen (secondary N) is 1. The molecule has 2 atom stereocenters. The summed E-state index contributed by atoms with van der Waals surface area (Å²) >= 11 is 3.24. The van der Waals surface area contributed by atoms with Crippen LogP contribution in [0.2, 0.25) is 0 Å². The van der Waals surface area contributed by atoms with Gasteiger partial charge in [-0.2, -0.15) is 0 Å². The Morgan fingerprint density at radius 3 is 2.75 bits per heavy atom. The molecule has 2 unspecified atom stereocenters. The fraction of sp³-hybridized carbons (Fsp3) is 0.571. The molecule has 1 saturated carbocycles. The normalized spacial score (nSPS) is 24.0. The van der Waals surface area contributed by atoms with E-state index in [0.29, 0.717) is 10.5 Å². The van der Waals surface area contributed by atoms with Crippen LogP contribution < -0.4 is 5.32 Å². The second-order valence-electron chi connectivity index (χ2n) is 5.62. The molecule has 0 heterocycles. The lowest BCUT2D eigenvalue weighted by Gasteiger charge is -2.52. The first-order chi connectivity index (χ1) is 9.36. The van der Waals surface area contributed by atoms with Gasteiger partial charge in [-0.25, -0.2) is 0 Å². The second-order valence-corrected chi connectivity index (χ2v) is 6.48. The van der Waals surface area contributed by atoms with Crippen LogP contribution in [0.25, 0.3) is 0 Å². The molecule has 0 bridgehead atoms. The molecule has 0 aliphatic heterocycles. The first-order valence-corrected chi connectivity index (χ1v) is 7.47. The minimum absolute atomic E-state index is 0.0598. The van der Waals surface area contributed by atoms with Crippen LogP contribution in [0.1, 0.15) is 27.2 Å². The number of ether oxygens (including phenoxy) is 1. The molecule has 1 aliphatic carbocycles. The van der Waals surface area contributed by atoms with E-state index < -0.39 is 4.92 Å². The molecule has 0 radical (unpaired) electrons. The van der Waals surface area contributed by atoms with Crippen molar-refractivity contribution in [3.8, 4) is 0 Å². The molecule has 0 spiro atoms. The largest absolute Gasteiger partial charge is 0.382 e. The molecule has 0 saturated heterocycles. The number of benzene rings is 1. The highest BCUT2D eigenvalue weighted by Gasteiger charge is 2.48. The number of hydrogen-bond donors (Lipinski definition) is 1. The van der Waals surface area contributed by atoms with Gasteiger partial charge in [0.1, 0.15) is 0 Å². The van der Waals surface area contributed by atoms with E-state index in [-0.39, 0.29) is 17.2 Å². The van der Waals surface area contributed by atoms with Crippen molar-refractivity contribution in [2.45, 2.75) is 39.3 Å². The molecule has 110 valence electrons. The number of hydrogen-bond acceptors (Lipinski definition) is 4. The van der Waals surface area contributed by atoms with E-state index in [0.717, 1.165) is 18.7 Å². The number of anilines is 1. The van der Waals surface area contributed by atoms with Crippen molar-refractivity contribution >= 4 is 27.3 Å². The summed E-state index contributed by atoms with van der Waals surface area (Å²) in [4.78, 5) is 10.4. The van der Waals surface area contributed by atoms with Crippen LogP contribution in [-0.2, 0) is 4.74 Å². The molecule has 20 heavy (non-hydrogen) atoms. The van der Waals surface area contributed by atoms with E-state index in [1.54, 1.807) is 12.1 Å². The summed E-state index contributed by atoms with van der Waals surface area (Å²) in [5.41, 5.74) is 1.02. The predicted molar refractivity (Wildman–Crippen MR) is 82.0 cm³/mol. The zero-order valence-corrected chi connectivity index (χ0v) is 13.4. The summed E-state index contributed by atoms with van der Waals surface area (Å²) < 4.78 is 6.19. The van der Waals surface area contributed by atoms with Crippen molar-refractivity contribution in [2.75, 3.05) is 11.9 Å². The minimum atomic E-state index is -0.397. The standard InChI is InChI=1S/C14H19BrN2O3/c1-4-20-13-8-12(14(13,2)3)16-9-5-6-11(17(18)19)10(15)7-9/h5-7,12-13,16H,4,8H2,1-3H3. The lowest BCUT2D eigenvalue weighted by atomic mass is 9.64. The highest BCUT2D eigenvalue weighted by atomic mass is 79.9. The third-order valence-corrected chi connectivity index (χ3v) is 4.67. The highest BCUT2D eigenvalue weighted by Crippen LogP contribution is 2.44. The van der Waals surface area contributed by atoms with Gasteiger partial charge in [-0.15, -0.1) is 0 Å². The van der Waals surface area contributed by atoms with Crippen molar-refractivity contribution in [3.05, 3.63) is 32.8 Å². The Labute approximate surface area is 127 Å². The van der Waals surface area contributed by atoms with Crippen molar-refractivity contribution in [3.63, 3.8) is 0 Å². The summed E-state index contributed by atoms with van der Waals surface area (Å²) in [5.74, 6) is 0. The van der Waals surface area contributed by atoms with Crippen LogP contribution in [0.3, 0.4) is 0 Å². The minimum Gasteiger partial charge on any atom is -0.382 e. The van der Waals surface area contributed by atoms with Gasteiger partial charge >= 0.3 is 0 Å². The molecule has 1 N–H and O–H groups in total. The summed E-state index contributed by atoms with van der Waals surface area (Å²) in [6.45, 7) is 7.08. The third-order valence-electron chi connectivity index (χ3n) is 4.03. The van der Waals surface area contributed by atoms with E-state index in [1.807, 2.05) is 6.92 Å². The van der Waals surface area contributed by atoms with Gasteiger partial charge in [0.05, 0.1) is 15.5 Å². The molecule has 5 nitrogen and oxygen atoms in total. The number of nitro groups is 1. The van der Waals surface area contributed by atoms with Gasteiger partial charge in [-0.3, -0.25) is 10.1 Å².